The van der Waals surface area contributed by atoms with Crippen LogP contribution < -0.4 is 0 Å². The molecule has 13 heavy (non-hydrogen) atoms. The van der Waals surface area contributed by atoms with Crippen LogP contribution in [0.5, 0.6) is 0 Å². The van der Waals surface area contributed by atoms with Gasteiger partial charge in [-0.2, -0.15) is 11.1 Å². The van der Waals surface area contributed by atoms with E-state index in [-0.39, 0.29) is 5.04 Å². The molecule has 0 saturated heterocycles. The molecule has 0 amide bonds. The van der Waals surface area contributed by atoms with Crippen LogP contribution in [0.4, 0.5) is 0 Å². The maximum absolute atomic E-state index is 6.45. The molecule has 0 aliphatic rings. The fourth-order valence-electron chi connectivity index (χ4n) is 1.07. The first kappa shape index (κ1) is 10.8. The smallest absolute Gasteiger partial charge is 0.156 e. The average molecular weight is 217 g/mol. The van der Waals surface area contributed by atoms with Gasteiger partial charge in [-0.05, 0) is 11.5 Å². The Balaban J connectivity index is 2.73. The number of hydrogen-bond donors (Lipinski definition) is 1. The molecule has 0 fully saturated rings. The molecule has 0 unspecified atom stereocenters. The van der Waals surface area contributed by atoms with E-state index in [0.29, 0.717) is 0 Å². The van der Waals surface area contributed by atoms with Crippen LogP contribution in [0, 0.1) is 0 Å². The highest BCUT2D eigenvalue weighted by Crippen LogP contribution is 2.42. The van der Waals surface area contributed by atoms with Crippen molar-refractivity contribution in [3.8, 4) is 0 Å². The highest BCUT2D eigenvalue weighted by molar-refractivity contribution is 7.20. The van der Waals surface area contributed by atoms with Gasteiger partial charge in [0.2, 0.25) is 0 Å². The molecule has 0 aromatic carbocycles. The maximum atomic E-state index is 6.45. The molecule has 1 rings (SSSR count). The number of aromatic amines is 1. The molecule has 74 valence electrons. The van der Waals surface area contributed by atoms with Gasteiger partial charge in [0.15, 0.2) is 7.38 Å². The minimum Gasteiger partial charge on any atom is -0.348 e. The Morgan fingerprint density at radius 3 is 2.54 bits per heavy atom. The van der Waals surface area contributed by atoms with E-state index >= 15 is 0 Å². The van der Waals surface area contributed by atoms with Crippen LogP contribution in [0.15, 0.2) is 12.5 Å². The zero-order valence-electron chi connectivity index (χ0n) is 8.69. The normalized spacial score (nSPS) is 13.3. The lowest BCUT2D eigenvalue weighted by Crippen LogP contribution is -2.34. The van der Waals surface area contributed by atoms with Gasteiger partial charge in [0.05, 0.1) is 6.33 Å². The Morgan fingerprint density at radius 1 is 1.54 bits per heavy atom. The third kappa shape index (κ3) is 2.58. The van der Waals surface area contributed by atoms with Crippen molar-refractivity contribution in [2.45, 2.75) is 38.4 Å². The predicted octanol–water partition coefficient (Wildman–Crippen LogP) is 3.18. The summed E-state index contributed by atoms with van der Waals surface area (Å²) in [5, 5.41) is 0.196. The molecule has 0 bridgehead atoms. The lowest BCUT2D eigenvalue weighted by atomic mass is 10.1. The van der Waals surface area contributed by atoms with Crippen molar-refractivity contribution < 1.29 is 0 Å². The fourth-order valence-corrected chi connectivity index (χ4v) is 1.88. The van der Waals surface area contributed by atoms with Gasteiger partial charge >= 0.3 is 0 Å². The summed E-state index contributed by atoms with van der Waals surface area (Å²) in [6, 6.07) is 0. The topological polar surface area (TPSA) is 28.7 Å². The summed E-state index contributed by atoms with van der Waals surface area (Å²) in [5.41, 5.74) is 1.17. The van der Waals surface area contributed by atoms with E-state index in [4.69, 9.17) is 11.1 Å². The van der Waals surface area contributed by atoms with Crippen LogP contribution in [-0.2, 0) is 6.42 Å². The first-order valence-electron chi connectivity index (χ1n) is 4.49. The minimum atomic E-state index is -1.62. The lowest BCUT2D eigenvalue weighted by molar-refractivity contribution is 0.641. The first-order valence-corrected chi connectivity index (χ1v) is 8.50. The van der Waals surface area contributed by atoms with Crippen molar-refractivity contribution in [2.75, 3.05) is 0 Å². The maximum Gasteiger partial charge on any atom is 0.156 e. The molecule has 1 heterocycles. The molecule has 1 aromatic rings. The second-order valence-electron chi connectivity index (χ2n) is 4.61. The summed E-state index contributed by atoms with van der Waals surface area (Å²) in [6.07, 6.45) is 4.57. The predicted molar refractivity (Wildman–Crippen MR) is 59.7 cm³/mol. The molecule has 0 aliphatic heterocycles. The second kappa shape index (κ2) is 3.46. The summed E-state index contributed by atoms with van der Waals surface area (Å²) >= 11 is 6.45. The second-order valence-corrected chi connectivity index (χ2v) is 11.7. The molecule has 1 aromatic heterocycles. The summed E-state index contributed by atoms with van der Waals surface area (Å²) in [7, 11) is -1.62. The molecule has 0 aliphatic carbocycles. The van der Waals surface area contributed by atoms with Crippen molar-refractivity contribution in [2.24, 2.45) is 0 Å². The number of nitrogens with zero attached hydrogens (tertiary/aromatic N) is 1. The Kier molecular flexibility index (Phi) is 2.87. The SMILES string of the molecule is CC(C)(Cc1cnc[nH]1)[Si](C)(C)Cl. The number of halogens is 1. The zero-order chi connectivity index (χ0) is 10.1. The highest BCUT2D eigenvalue weighted by Gasteiger charge is 2.37. The summed E-state index contributed by atoms with van der Waals surface area (Å²) in [4.78, 5) is 7.12. The number of nitrogens with one attached hydrogen (secondary N) is 1. The largest absolute Gasteiger partial charge is 0.348 e. The van der Waals surface area contributed by atoms with E-state index < -0.39 is 7.38 Å². The van der Waals surface area contributed by atoms with Gasteiger partial charge in [-0.15, -0.1) is 0 Å². The van der Waals surface area contributed by atoms with Gasteiger partial charge in [0, 0.05) is 11.9 Å². The van der Waals surface area contributed by atoms with Crippen LogP contribution in [0.2, 0.25) is 18.1 Å². The molecular weight excluding hydrogens is 200 g/mol. The van der Waals surface area contributed by atoms with Gasteiger partial charge in [-0.1, -0.05) is 26.9 Å². The number of H-pyrrole nitrogens is 1. The Hall–Kier alpha value is -0.283. The van der Waals surface area contributed by atoms with Crippen LogP contribution >= 0.6 is 11.1 Å². The minimum absolute atomic E-state index is 0.196. The third-order valence-electron chi connectivity index (χ3n) is 2.80. The van der Waals surface area contributed by atoms with Crippen molar-refractivity contribution >= 4 is 18.5 Å². The number of hydrogen-bond acceptors (Lipinski definition) is 1. The van der Waals surface area contributed by atoms with Crippen molar-refractivity contribution in [3.05, 3.63) is 18.2 Å². The molecule has 0 spiro atoms. The van der Waals surface area contributed by atoms with Gasteiger partial charge in [-0.25, -0.2) is 4.98 Å². The Labute approximate surface area is 85.4 Å². The van der Waals surface area contributed by atoms with Crippen LogP contribution in [-0.4, -0.2) is 17.4 Å². The van der Waals surface area contributed by atoms with Crippen LogP contribution in [0.25, 0.3) is 0 Å². The molecule has 0 saturated carbocycles. The first-order chi connectivity index (χ1) is 5.83. The molecule has 1 N–H and O–H groups in total. The lowest BCUT2D eigenvalue weighted by Gasteiger charge is -2.34. The molecule has 4 heteroatoms. The monoisotopic (exact) mass is 216 g/mol. The average Bonchev–Trinajstić information content (AvgIpc) is 2.35. The van der Waals surface area contributed by atoms with Crippen LogP contribution in [0.1, 0.15) is 19.5 Å². The van der Waals surface area contributed by atoms with E-state index in [1.807, 2.05) is 6.20 Å². The zero-order valence-corrected chi connectivity index (χ0v) is 10.4. The Bertz CT molecular complexity index is 262. The molecule has 2 nitrogen and oxygen atoms in total. The number of rotatable bonds is 3. The Morgan fingerprint density at radius 2 is 2.15 bits per heavy atom. The van der Waals surface area contributed by atoms with Gasteiger partial charge in [0.1, 0.15) is 0 Å². The van der Waals surface area contributed by atoms with E-state index in [1.165, 1.54) is 5.69 Å². The van der Waals surface area contributed by atoms with Gasteiger partial charge in [0.25, 0.3) is 0 Å². The van der Waals surface area contributed by atoms with E-state index in [0.717, 1.165) is 6.42 Å². The standard InChI is InChI=1S/C9H17ClN2Si/c1-9(2,13(3,4)10)5-8-6-11-7-12-8/h6-7H,5H2,1-4H3,(H,11,12). The quantitative estimate of drug-likeness (QED) is 0.610. The summed E-state index contributed by atoms with van der Waals surface area (Å²) in [6.45, 7) is 8.83. The summed E-state index contributed by atoms with van der Waals surface area (Å²) in [5.74, 6) is 0. The number of aromatic nitrogens is 2. The number of imidazole rings is 1. The molecular formula is C9H17ClN2Si. The van der Waals surface area contributed by atoms with Crippen molar-refractivity contribution in [1.29, 1.82) is 0 Å². The fraction of sp³-hybridized carbons (Fsp3) is 0.667. The molecule has 0 atom stereocenters. The molecule has 0 radical (unpaired) electrons. The third-order valence-corrected chi connectivity index (χ3v) is 7.73. The van der Waals surface area contributed by atoms with Gasteiger partial charge in [-0.3, -0.25) is 0 Å². The summed E-state index contributed by atoms with van der Waals surface area (Å²) < 4.78 is 0. The van der Waals surface area contributed by atoms with Crippen molar-refractivity contribution in [1.82, 2.24) is 9.97 Å². The van der Waals surface area contributed by atoms with E-state index in [2.05, 4.69) is 36.9 Å². The van der Waals surface area contributed by atoms with Gasteiger partial charge < -0.3 is 4.98 Å². The van der Waals surface area contributed by atoms with E-state index in [9.17, 15) is 0 Å². The highest BCUT2D eigenvalue weighted by atomic mass is 35.6. The van der Waals surface area contributed by atoms with Crippen LogP contribution in [0.3, 0.4) is 0 Å². The van der Waals surface area contributed by atoms with E-state index in [1.54, 1.807) is 6.33 Å². The van der Waals surface area contributed by atoms with Crippen molar-refractivity contribution in [3.63, 3.8) is 0 Å².